The first-order chi connectivity index (χ1) is 9.26. The highest BCUT2D eigenvalue weighted by molar-refractivity contribution is 5.39. The summed E-state index contributed by atoms with van der Waals surface area (Å²) in [5.41, 5.74) is 8.70. The second-order valence-electron chi connectivity index (χ2n) is 6.62. The Bertz CT molecular complexity index is 394. The van der Waals surface area contributed by atoms with Crippen LogP contribution in [0.15, 0.2) is 24.3 Å². The van der Waals surface area contributed by atoms with E-state index in [1.807, 2.05) is 12.1 Å². The van der Waals surface area contributed by atoms with E-state index < -0.39 is 0 Å². The molecule has 0 atom stereocenters. The molecule has 104 valence electrons. The lowest BCUT2D eigenvalue weighted by molar-refractivity contribution is -0.0106. The standard InChI is InChI=1S/C17H26N2/c18-16-7-5-15(6-8-16)9-12-19-13-17(14-19)10-3-1-2-4-11-17/h5-8H,1-4,9-14,18H2. The molecule has 2 N–H and O–H groups in total. The highest BCUT2D eigenvalue weighted by Gasteiger charge is 2.41. The Labute approximate surface area is 117 Å². The number of nitrogens with zero attached hydrogens (tertiary/aromatic N) is 1. The molecule has 3 rings (SSSR count). The van der Waals surface area contributed by atoms with E-state index in [1.54, 1.807) is 0 Å². The van der Waals surface area contributed by atoms with Crippen molar-refractivity contribution in [2.75, 3.05) is 25.4 Å². The summed E-state index contributed by atoms with van der Waals surface area (Å²) in [6.45, 7) is 3.91. The summed E-state index contributed by atoms with van der Waals surface area (Å²) in [4.78, 5) is 2.64. The van der Waals surface area contributed by atoms with E-state index in [4.69, 9.17) is 5.73 Å². The largest absolute Gasteiger partial charge is 0.399 e. The number of benzene rings is 1. The molecule has 0 unspecified atom stereocenters. The summed E-state index contributed by atoms with van der Waals surface area (Å²) in [5.74, 6) is 0. The Kier molecular flexibility index (Phi) is 3.79. The zero-order chi connectivity index (χ0) is 13.1. The van der Waals surface area contributed by atoms with Gasteiger partial charge in [0.1, 0.15) is 0 Å². The van der Waals surface area contributed by atoms with Gasteiger partial charge >= 0.3 is 0 Å². The Morgan fingerprint density at radius 1 is 0.947 bits per heavy atom. The van der Waals surface area contributed by atoms with Gasteiger partial charge in [-0.2, -0.15) is 0 Å². The average molecular weight is 258 g/mol. The van der Waals surface area contributed by atoms with Crippen molar-refractivity contribution in [1.29, 1.82) is 0 Å². The third kappa shape index (κ3) is 3.11. The first kappa shape index (κ1) is 13.0. The van der Waals surface area contributed by atoms with E-state index >= 15 is 0 Å². The highest BCUT2D eigenvalue weighted by Crippen LogP contribution is 2.42. The summed E-state index contributed by atoms with van der Waals surface area (Å²) in [5, 5.41) is 0. The summed E-state index contributed by atoms with van der Waals surface area (Å²) in [6, 6.07) is 8.35. The van der Waals surface area contributed by atoms with E-state index in [0.29, 0.717) is 5.41 Å². The fourth-order valence-corrected chi connectivity index (χ4v) is 3.83. The van der Waals surface area contributed by atoms with Gasteiger partial charge in [0.05, 0.1) is 0 Å². The van der Waals surface area contributed by atoms with Gasteiger partial charge in [-0.1, -0.05) is 37.8 Å². The van der Waals surface area contributed by atoms with Gasteiger partial charge in [-0.15, -0.1) is 0 Å². The molecular weight excluding hydrogens is 232 g/mol. The Morgan fingerprint density at radius 3 is 2.21 bits per heavy atom. The topological polar surface area (TPSA) is 29.3 Å². The second-order valence-corrected chi connectivity index (χ2v) is 6.62. The summed E-state index contributed by atoms with van der Waals surface area (Å²) >= 11 is 0. The minimum Gasteiger partial charge on any atom is -0.399 e. The van der Waals surface area contributed by atoms with Gasteiger partial charge in [-0.05, 0) is 42.4 Å². The predicted molar refractivity (Wildman–Crippen MR) is 81.1 cm³/mol. The average Bonchev–Trinajstić information content (AvgIpc) is 2.63. The maximum atomic E-state index is 5.72. The summed E-state index contributed by atoms with van der Waals surface area (Å²) in [7, 11) is 0. The third-order valence-corrected chi connectivity index (χ3v) is 4.98. The quantitative estimate of drug-likeness (QED) is 0.841. The number of nitrogens with two attached hydrogens (primary N) is 1. The fraction of sp³-hybridized carbons (Fsp3) is 0.647. The van der Waals surface area contributed by atoms with Crippen LogP contribution in [0, 0.1) is 5.41 Å². The Hall–Kier alpha value is -1.02. The Balaban J connectivity index is 1.45. The number of likely N-dealkylation sites (tertiary alicyclic amines) is 1. The number of anilines is 1. The van der Waals surface area contributed by atoms with Gasteiger partial charge in [0.2, 0.25) is 0 Å². The molecule has 0 aromatic heterocycles. The van der Waals surface area contributed by atoms with Crippen molar-refractivity contribution in [3.8, 4) is 0 Å². The molecule has 1 heterocycles. The first-order valence-corrected chi connectivity index (χ1v) is 7.83. The van der Waals surface area contributed by atoms with Crippen LogP contribution in [0.2, 0.25) is 0 Å². The molecule has 2 heteroatoms. The number of hydrogen-bond acceptors (Lipinski definition) is 2. The van der Waals surface area contributed by atoms with Gasteiger partial charge in [0.25, 0.3) is 0 Å². The van der Waals surface area contributed by atoms with E-state index in [0.717, 1.165) is 12.1 Å². The maximum absolute atomic E-state index is 5.72. The molecule has 1 aromatic carbocycles. The smallest absolute Gasteiger partial charge is 0.0314 e. The van der Waals surface area contributed by atoms with Crippen LogP contribution in [0.5, 0.6) is 0 Å². The second kappa shape index (κ2) is 5.54. The lowest BCUT2D eigenvalue weighted by Crippen LogP contribution is -2.56. The van der Waals surface area contributed by atoms with Crippen LogP contribution in [0.4, 0.5) is 5.69 Å². The normalized spacial score (nSPS) is 22.9. The number of nitrogen functional groups attached to an aromatic ring is 1. The molecule has 0 bridgehead atoms. The van der Waals surface area contributed by atoms with Crippen LogP contribution >= 0.6 is 0 Å². The van der Waals surface area contributed by atoms with Crippen LogP contribution in [0.25, 0.3) is 0 Å². The molecule has 1 aliphatic carbocycles. The zero-order valence-corrected chi connectivity index (χ0v) is 11.9. The monoisotopic (exact) mass is 258 g/mol. The van der Waals surface area contributed by atoms with Crippen molar-refractivity contribution in [2.45, 2.75) is 44.9 Å². The van der Waals surface area contributed by atoms with Gasteiger partial charge in [-0.25, -0.2) is 0 Å². The van der Waals surface area contributed by atoms with Crippen molar-refractivity contribution < 1.29 is 0 Å². The highest BCUT2D eigenvalue weighted by atomic mass is 15.2. The first-order valence-electron chi connectivity index (χ1n) is 7.83. The van der Waals surface area contributed by atoms with Gasteiger partial charge in [-0.3, -0.25) is 0 Å². The molecule has 1 aliphatic heterocycles. The zero-order valence-electron chi connectivity index (χ0n) is 11.9. The SMILES string of the molecule is Nc1ccc(CCN2CC3(CCCCCC3)C2)cc1. The number of rotatable bonds is 3. The number of hydrogen-bond donors (Lipinski definition) is 1. The third-order valence-electron chi connectivity index (χ3n) is 4.98. The minimum atomic E-state index is 0.706. The molecule has 0 radical (unpaired) electrons. The molecule has 1 saturated carbocycles. The maximum Gasteiger partial charge on any atom is 0.0314 e. The molecule has 1 aromatic rings. The molecule has 0 amide bonds. The van der Waals surface area contributed by atoms with E-state index in [2.05, 4.69) is 17.0 Å². The molecule has 1 saturated heterocycles. The molecule has 1 spiro atoms. The van der Waals surface area contributed by atoms with Crippen LogP contribution < -0.4 is 5.73 Å². The Morgan fingerprint density at radius 2 is 1.58 bits per heavy atom. The van der Waals surface area contributed by atoms with Gasteiger partial charge in [0, 0.05) is 25.3 Å². The van der Waals surface area contributed by atoms with E-state index in [-0.39, 0.29) is 0 Å². The van der Waals surface area contributed by atoms with Crippen LogP contribution in [0.1, 0.15) is 44.1 Å². The van der Waals surface area contributed by atoms with Gasteiger partial charge in [0.15, 0.2) is 0 Å². The van der Waals surface area contributed by atoms with Crippen molar-refractivity contribution >= 4 is 5.69 Å². The lowest BCUT2D eigenvalue weighted by atomic mass is 9.73. The van der Waals surface area contributed by atoms with Crippen molar-refractivity contribution in [2.24, 2.45) is 5.41 Å². The molecule has 2 aliphatic rings. The van der Waals surface area contributed by atoms with Crippen LogP contribution in [-0.4, -0.2) is 24.5 Å². The molecule has 19 heavy (non-hydrogen) atoms. The van der Waals surface area contributed by atoms with Crippen LogP contribution in [-0.2, 0) is 6.42 Å². The van der Waals surface area contributed by atoms with E-state index in [1.165, 1.54) is 63.7 Å². The van der Waals surface area contributed by atoms with Crippen LogP contribution in [0.3, 0.4) is 0 Å². The molecule has 2 fully saturated rings. The summed E-state index contributed by atoms with van der Waals surface area (Å²) in [6.07, 6.45) is 9.98. The lowest BCUT2D eigenvalue weighted by Gasteiger charge is -2.50. The molecular formula is C17H26N2. The van der Waals surface area contributed by atoms with Gasteiger partial charge < -0.3 is 10.6 Å². The van der Waals surface area contributed by atoms with Crippen molar-refractivity contribution in [3.63, 3.8) is 0 Å². The fourth-order valence-electron chi connectivity index (χ4n) is 3.83. The van der Waals surface area contributed by atoms with Crippen molar-refractivity contribution in [1.82, 2.24) is 4.90 Å². The summed E-state index contributed by atoms with van der Waals surface area (Å²) < 4.78 is 0. The predicted octanol–water partition coefficient (Wildman–Crippen LogP) is 3.47. The van der Waals surface area contributed by atoms with Crippen molar-refractivity contribution in [3.05, 3.63) is 29.8 Å². The molecule has 2 nitrogen and oxygen atoms in total. The van der Waals surface area contributed by atoms with E-state index in [9.17, 15) is 0 Å². The minimum absolute atomic E-state index is 0.706.